The lowest BCUT2D eigenvalue weighted by Gasteiger charge is -2.25. The number of rotatable bonds is 12. The molecule has 5 heteroatoms. The molecular formula is C28H38O5. The molecule has 0 aliphatic carbocycles. The third kappa shape index (κ3) is 7.62. The van der Waals surface area contributed by atoms with Gasteiger partial charge in [-0.05, 0) is 78.5 Å². The number of hydrogen-bond acceptors (Lipinski definition) is 4. The molecule has 0 spiro atoms. The minimum absolute atomic E-state index is 0.0816. The standard InChI is InChI=1S/C28H38O5/c1-6-8-13-21(18-32-28(31)33-22-14-10-9-11-15-22)17-24-23(12-7-2)20(5)16-25(27(29)30)26(24)19(3)4/h9-11,14-16,19,21H,6-8,12-13,17-18H2,1-5H3,(H,29,30). The van der Waals surface area contributed by atoms with Crippen LogP contribution in [0.15, 0.2) is 36.4 Å². The third-order valence-corrected chi connectivity index (χ3v) is 5.96. The monoisotopic (exact) mass is 454 g/mol. The van der Waals surface area contributed by atoms with E-state index in [1.165, 1.54) is 5.56 Å². The van der Waals surface area contributed by atoms with Crippen molar-refractivity contribution in [1.82, 2.24) is 0 Å². The SMILES string of the molecule is CCCCC(COC(=O)Oc1ccccc1)Cc1c(CCC)c(C)cc(C(=O)O)c1C(C)C. The molecule has 0 saturated heterocycles. The molecular weight excluding hydrogens is 416 g/mol. The molecule has 5 nitrogen and oxygen atoms in total. The molecule has 0 fully saturated rings. The average molecular weight is 455 g/mol. The van der Waals surface area contributed by atoms with Gasteiger partial charge in [0.1, 0.15) is 5.75 Å². The Labute approximate surface area is 198 Å². The smallest absolute Gasteiger partial charge is 0.478 e. The van der Waals surface area contributed by atoms with E-state index >= 15 is 0 Å². The van der Waals surface area contributed by atoms with Crippen LogP contribution in [0.2, 0.25) is 0 Å². The summed E-state index contributed by atoms with van der Waals surface area (Å²) in [4.78, 5) is 24.3. The number of aromatic carboxylic acids is 1. The molecule has 180 valence electrons. The third-order valence-electron chi connectivity index (χ3n) is 5.96. The van der Waals surface area contributed by atoms with Crippen LogP contribution in [0.25, 0.3) is 0 Å². The van der Waals surface area contributed by atoms with Crippen molar-refractivity contribution in [3.05, 3.63) is 64.2 Å². The molecule has 2 aromatic rings. The van der Waals surface area contributed by atoms with E-state index < -0.39 is 12.1 Å². The van der Waals surface area contributed by atoms with E-state index in [4.69, 9.17) is 9.47 Å². The lowest BCUT2D eigenvalue weighted by Crippen LogP contribution is -2.21. The Morgan fingerprint density at radius 2 is 1.73 bits per heavy atom. The number of benzene rings is 2. The molecule has 0 aromatic heterocycles. The van der Waals surface area contributed by atoms with Gasteiger partial charge in [-0.2, -0.15) is 0 Å². The molecule has 2 aromatic carbocycles. The van der Waals surface area contributed by atoms with Gasteiger partial charge in [-0.1, -0.05) is 65.2 Å². The Morgan fingerprint density at radius 1 is 1.03 bits per heavy atom. The number of carboxylic acids is 1. The van der Waals surface area contributed by atoms with Crippen molar-refractivity contribution in [2.45, 2.75) is 79.1 Å². The summed E-state index contributed by atoms with van der Waals surface area (Å²) in [7, 11) is 0. The number of carbonyl (C=O) groups excluding carboxylic acids is 1. The van der Waals surface area contributed by atoms with Crippen LogP contribution in [0, 0.1) is 12.8 Å². The van der Waals surface area contributed by atoms with Gasteiger partial charge in [-0.25, -0.2) is 9.59 Å². The van der Waals surface area contributed by atoms with E-state index in [0.717, 1.165) is 48.8 Å². The molecule has 0 amide bonds. The molecule has 1 atom stereocenters. The van der Waals surface area contributed by atoms with Crippen molar-refractivity contribution in [1.29, 1.82) is 0 Å². The Bertz CT molecular complexity index is 918. The van der Waals surface area contributed by atoms with Crippen LogP contribution in [0.4, 0.5) is 4.79 Å². The maximum atomic E-state index is 12.3. The quantitative estimate of drug-likeness (QED) is 0.268. The first-order chi connectivity index (χ1) is 15.8. The molecule has 0 saturated carbocycles. The summed E-state index contributed by atoms with van der Waals surface area (Å²) in [6.07, 6.45) is 4.81. The molecule has 0 bridgehead atoms. The molecule has 0 aliphatic heterocycles. The second-order valence-corrected chi connectivity index (χ2v) is 9.01. The maximum absolute atomic E-state index is 12.3. The van der Waals surface area contributed by atoms with Crippen LogP contribution in [0.1, 0.15) is 91.9 Å². The van der Waals surface area contributed by atoms with Gasteiger partial charge in [0.2, 0.25) is 0 Å². The van der Waals surface area contributed by atoms with Crippen molar-refractivity contribution in [3.63, 3.8) is 0 Å². The van der Waals surface area contributed by atoms with Gasteiger partial charge in [-0.3, -0.25) is 0 Å². The Kier molecular flexibility index (Phi) is 10.4. The van der Waals surface area contributed by atoms with Gasteiger partial charge in [0.05, 0.1) is 12.2 Å². The first-order valence-electron chi connectivity index (χ1n) is 12.1. The van der Waals surface area contributed by atoms with Crippen LogP contribution in [-0.2, 0) is 17.6 Å². The Morgan fingerprint density at radius 3 is 2.30 bits per heavy atom. The van der Waals surface area contributed by atoms with Gasteiger partial charge in [-0.15, -0.1) is 0 Å². The minimum atomic E-state index is -0.890. The van der Waals surface area contributed by atoms with Crippen molar-refractivity contribution in [2.75, 3.05) is 6.61 Å². The summed E-state index contributed by atoms with van der Waals surface area (Å²) < 4.78 is 10.8. The van der Waals surface area contributed by atoms with Crippen molar-refractivity contribution in [3.8, 4) is 5.75 Å². The first kappa shape index (κ1) is 26.4. The van der Waals surface area contributed by atoms with Crippen LogP contribution in [0.5, 0.6) is 5.75 Å². The van der Waals surface area contributed by atoms with Crippen LogP contribution in [-0.4, -0.2) is 23.8 Å². The number of aryl methyl sites for hydroxylation is 1. The van der Waals surface area contributed by atoms with E-state index in [0.29, 0.717) is 17.7 Å². The van der Waals surface area contributed by atoms with E-state index in [1.807, 2.05) is 32.9 Å². The summed E-state index contributed by atoms with van der Waals surface area (Å²) in [5.41, 5.74) is 4.66. The molecule has 1 unspecified atom stereocenters. The molecule has 33 heavy (non-hydrogen) atoms. The number of unbranched alkanes of at least 4 members (excludes halogenated alkanes) is 1. The summed E-state index contributed by atoms with van der Waals surface area (Å²) in [5, 5.41) is 9.89. The van der Waals surface area contributed by atoms with Gasteiger partial charge in [0.15, 0.2) is 0 Å². The van der Waals surface area contributed by atoms with Gasteiger partial charge in [0.25, 0.3) is 0 Å². The largest absolute Gasteiger partial charge is 0.513 e. The van der Waals surface area contributed by atoms with Crippen LogP contribution >= 0.6 is 0 Å². The number of para-hydroxylation sites is 1. The number of carbonyl (C=O) groups is 2. The van der Waals surface area contributed by atoms with Crippen molar-refractivity contribution in [2.24, 2.45) is 5.92 Å². The minimum Gasteiger partial charge on any atom is -0.478 e. The number of carboxylic acid groups (broad SMARTS) is 1. The summed E-state index contributed by atoms with van der Waals surface area (Å²) in [6.45, 7) is 10.6. The highest BCUT2D eigenvalue weighted by Crippen LogP contribution is 2.33. The fraction of sp³-hybridized carbons (Fsp3) is 0.500. The van der Waals surface area contributed by atoms with Crippen molar-refractivity contribution < 1.29 is 24.2 Å². The zero-order chi connectivity index (χ0) is 24.4. The lowest BCUT2D eigenvalue weighted by atomic mass is 9.80. The highest BCUT2D eigenvalue weighted by molar-refractivity contribution is 5.90. The number of hydrogen-bond donors (Lipinski definition) is 1. The van der Waals surface area contributed by atoms with E-state index in [1.54, 1.807) is 24.3 Å². The molecule has 0 heterocycles. The molecule has 1 N–H and O–H groups in total. The second kappa shape index (κ2) is 13.0. The van der Waals surface area contributed by atoms with E-state index in [9.17, 15) is 14.7 Å². The Hall–Kier alpha value is -2.82. The second-order valence-electron chi connectivity index (χ2n) is 9.01. The summed E-state index contributed by atoms with van der Waals surface area (Å²) in [5.74, 6) is -0.272. The average Bonchev–Trinajstić information content (AvgIpc) is 2.77. The first-order valence-corrected chi connectivity index (χ1v) is 12.1. The van der Waals surface area contributed by atoms with Crippen LogP contribution < -0.4 is 4.74 Å². The fourth-order valence-corrected chi connectivity index (χ4v) is 4.44. The lowest BCUT2D eigenvalue weighted by molar-refractivity contribution is 0.0694. The maximum Gasteiger partial charge on any atom is 0.513 e. The highest BCUT2D eigenvalue weighted by Gasteiger charge is 2.24. The Balaban J connectivity index is 2.32. The van der Waals surface area contributed by atoms with Crippen LogP contribution in [0.3, 0.4) is 0 Å². The molecule has 0 aliphatic rings. The van der Waals surface area contributed by atoms with Gasteiger partial charge in [0, 0.05) is 0 Å². The number of ether oxygens (including phenoxy) is 2. The topological polar surface area (TPSA) is 72.8 Å². The predicted octanol–water partition coefficient (Wildman–Crippen LogP) is 7.33. The van der Waals surface area contributed by atoms with Gasteiger partial charge >= 0.3 is 12.1 Å². The molecule has 2 rings (SSSR count). The molecule has 0 radical (unpaired) electrons. The van der Waals surface area contributed by atoms with E-state index in [-0.39, 0.29) is 18.4 Å². The normalized spacial score (nSPS) is 11.9. The predicted molar refractivity (Wildman–Crippen MR) is 131 cm³/mol. The highest BCUT2D eigenvalue weighted by atomic mass is 16.7. The zero-order valence-corrected chi connectivity index (χ0v) is 20.6. The zero-order valence-electron chi connectivity index (χ0n) is 20.6. The summed E-state index contributed by atoms with van der Waals surface area (Å²) in [6, 6.07) is 10.7. The summed E-state index contributed by atoms with van der Waals surface area (Å²) >= 11 is 0. The fourth-order valence-electron chi connectivity index (χ4n) is 4.44. The van der Waals surface area contributed by atoms with E-state index in [2.05, 4.69) is 13.8 Å². The van der Waals surface area contributed by atoms with Crippen molar-refractivity contribution >= 4 is 12.1 Å². The van der Waals surface area contributed by atoms with Gasteiger partial charge < -0.3 is 14.6 Å².